The largest absolute Gasteiger partial charge is 0.476 e. The lowest BCUT2D eigenvalue weighted by molar-refractivity contribution is -0.111. The predicted molar refractivity (Wildman–Crippen MR) is 71.0 cm³/mol. The number of amides is 1. The first-order valence-electron chi connectivity index (χ1n) is 5.23. The Morgan fingerprint density at radius 1 is 1.32 bits per heavy atom. The Morgan fingerprint density at radius 3 is 2.79 bits per heavy atom. The van der Waals surface area contributed by atoms with Gasteiger partial charge in [0.15, 0.2) is 11.5 Å². The fourth-order valence-electron chi connectivity index (χ4n) is 1.29. The molecule has 0 radical (unpaired) electrons. The van der Waals surface area contributed by atoms with Gasteiger partial charge in [-0.05, 0) is 17.5 Å². The van der Waals surface area contributed by atoms with Gasteiger partial charge in [0.1, 0.15) is 0 Å². The van der Waals surface area contributed by atoms with Crippen molar-refractivity contribution >= 4 is 35.1 Å². The highest BCUT2D eigenvalue weighted by Crippen LogP contribution is 2.11. The van der Waals surface area contributed by atoms with Crippen molar-refractivity contribution in [2.24, 2.45) is 0 Å². The van der Waals surface area contributed by atoms with Crippen LogP contribution in [0.25, 0.3) is 6.08 Å². The third kappa shape index (κ3) is 3.46. The molecule has 0 unspecified atom stereocenters. The maximum absolute atomic E-state index is 11.6. The molecule has 0 aliphatic carbocycles. The molecule has 0 bridgehead atoms. The van der Waals surface area contributed by atoms with Gasteiger partial charge < -0.3 is 10.4 Å². The molecule has 0 saturated carbocycles. The van der Waals surface area contributed by atoms with Gasteiger partial charge in [-0.3, -0.25) is 4.79 Å². The molecule has 0 fully saturated rings. The second-order valence-electron chi connectivity index (χ2n) is 3.40. The summed E-state index contributed by atoms with van der Waals surface area (Å²) in [7, 11) is 0. The lowest BCUT2D eigenvalue weighted by Gasteiger charge is -2.03. The van der Waals surface area contributed by atoms with E-state index in [2.05, 4.69) is 15.3 Å². The Kier molecular flexibility index (Phi) is 3.99. The van der Waals surface area contributed by atoms with Crippen molar-refractivity contribution in [2.45, 2.75) is 0 Å². The number of carboxylic acids is 1. The van der Waals surface area contributed by atoms with Crippen LogP contribution >= 0.6 is 11.3 Å². The summed E-state index contributed by atoms with van der Waals surface area (Å²) in [6.45, 7) is 0. The van der Waals surface area contributed by atoms with Gasteiger partial charge in [-0.15, -0.1) is 11.3 Å². The van der Waals surface area contributed by atoms with Crippen molar-refractivity contribution in [1.82, 2.24) is 9.97 Å². The zero-order valence-corrected chi connectivity index (χ0v) is 10.4. The molecule has 0 atom stereocenters. The van der Waals surface area contributed by atoms with Gasteiger partial charge in [0, 0.05) is 23.3 Å². The molecule has 0 saturated heterocycles. The first-order valence-corrected chi connectivity index (χ1v) is 6.11. The first-order chi connectivity index (χ1) is 9.16. The molecule has 19 heavy (non-hydrogen) atoms. The van der Waals surface area contributed by atoms with Crippen LogP contribution in [0, 0.1) is 0 Å². The van der Waals surface area contributed by atoms with E-state index in [1.807, 2.05) is 17.5 Å². The summed E-state index contributed by atoms with van der Waals surface area (Å²) in [6, 6.07) is 3.73. The quantitative estimate of drug-likeness (QED) is 0.831. The highest BCUT2D eigenvalue weighted by Gasteiger charge is 2.13. The number of nitrogens with one attached hydrogen (secondary N) is 1. The van der Waals surface area contributed by atoms with E-state index < -0.39 is 11.9 Å². The number of carbonyl (C=O) groups excluding carboxylic acids is 1. The maximum atomic E-state index is 11.6. The molecule has 6 nitrogen and oxygen atoms in total. The standard InChI is InChI=1S/C12H9N3O3S/c16-9(4-3-8-2-1-7-19-8)15-11-10(12(17)18)13-5-6-14-11/h1-7H,(H,17,18)(H,14,15,16)/b4-3+. The van der Waals surface area contributed by atoms with Crippen molar-refractivity contribution in [3.05, 3.63) is 46.6 Å². The lowest BCUT2D eigenvalue weighted by Crippen LogP contribution is -2.14. The number of carbonyl (C=O) groups is 2. The Bertz CT molecular complexity index is 623. The molecule has 2 aromatic heterocycles. The lowest BCUT2D eigenvalue weighted by atomic mass is 10.3. The average Bonchev–Trinajstić information content (AvgIpc) is 2.90. The minimum atomic E-state index is -1.24. The Morgan fingerprint density at radius 2 is 2.11 bits per heavy atom. The topological polar surface area (TPSA) is 92.2 Å². The third-order valence-corrected chi connectivity index (χ3v) is 2.92. The second-order valence-corrected chi connectivity index (χ2v) is 4.38. The molecule has 0 aromatic carbocycles. The van der Waals surface area contributed by atoms with Crippen LogP contribution in [-0.2, 0) is 4.79 Å². The molecule has 2 N–H and O–H groups in total. The van der Waals surface area contributed by atoms with Crippen LogP contribution in [0.2, 0.25) is 0 Å². The third-order valence-electron chi connectivity index (χ3n) is 2.08. The van der Waals surface area contributed by atoms with E-state index in [4.69, 9.17) is 5.11 Å². The molecule has 2 rings (SSSR count). The van der Waals surface area contributed by atoms with Crippen molar-refractivity contribution < 1.29 is 14.7 Å². The summed E-state index contributed by atoms with van der Waals surface area (Å²) in [4.78, 5) is 30.9. The van der Waals surface area contributed by atoms with Crippen LogP contribution in [0.5, 0.6) is 0 Å². The van der Waals surface area contributed by atoms with E-state index in [1.165, 1.54) is 29.8 Å². The normalized spacial score (nSPS) is 10.5. The van der Waals surface area contributed by atoms with Gasteiger partial charge in [-0.1, -0.05) is 6.07 Å². The summed E-state index contributed by atoms with van der Waals surface area (Å²) in [6.07, 6.45) is 5.51. The number of aromatic nitrogens is 2. The van der Waals surface area contributed by atoms with Crippen LogP contribution in [0.4, 0.5) is 5.82 Å². The molecule has 7 heteroatoms. The Hall–Kier alpha value is -2.54. The van der Waals surface area contributed by atoms with Crippen LogP contribution in [-0.4, -0.2) is 27.0 Å². The number of nitrogens with zero attached hydrogens (tertiary/aromatic N) is 2. The number of carboxylic acid groups (broad SMARTS) is 1. The first kappa shape index (κ1) is 12.9. The van der Waals surface area contributed by atoms with Gasteiger partial charge in [0.05, 0.1) is 0 Å². The minimum Gasteiger partial charge on any atom is -0.476 e. The van der Waals surface area contributed by atoms with Gasteiger partial charge in [-0.25, -0.2) is 14.8 Å². The minimum absolute atomic E-state index is 0.0733. The van der Waals surface area contributed by atoms with E-state index >= 15 is 0 Å². The summed E-state index contributed by atoms with van der Waals surface area (Å²) in [5, 5.41) is 13.2. The molecule has 2 heterocycles. The van der Waals surface area contributed by atoms with E-state index in [-0.39, 0.29) is 11.5 Å². The molecular weight excluding hydrogens is 266 g/mol. The molecule has 0 aliphatic heterocycles. The highest BCUT2D eigenvalue weighted by atomic mass is 32.1. The van der Waals surface area contributed by atoms with E-state index in [1.54, 1.807) is 6.08 Å². The number of rotatable bonds is 4. The van der Waals surface area contributed by atoms with Crippen molar-refractivity contribution in [3.8, 4) is 0 Å². The summed E-state index contributed by atoms with van der Waals surface area (Å²) < 4.78 is 0. The SMILES string of the molecule is O=C(/C=C/c1cccs1)Nc1nccnc1C(=O)O. The molecule has 2 aromatic rings. The molecule has 0 aliphatic rings. The van der Waals surface area contributed by atoms with Crippen LogP contribution < -0.4 is 5.32 Å². The second kappa shape index (κ2) is 5.87. The maximum Gasteiger partial charge on any atom is 0.358 e. The monoisotopic (exact) mass is 275 g/mol. The van der Waals surface area contributed by atoms with Crippen molar-refractivity contribution in [2.75, 3.05) is 5.32 Å². The van der Waals surface area contributed by atoms with Gasteiger partial charge in [0.25, 0.3) is 0 Å². The number of thiophene rings is 1. The van der Waals surface area contributed by atoms with E-state index in [0.717, 1.165) is 4.88 Å². The Labute approximate surface area is 112 Å². The van der Waals surface area contributed by atoms with E-state index in [9.17, 15) is 9.59 Å². The van der Waals surface area contributed by atoms with Gasteiger partial charge in [-0.2, -0.15) is 0 Å². The number of hydrogen-bond acceptors (Lipinski definition) is 5. The average molecular weight is 275 g/mol. The molecule has 1 amide bonds. The molecular formula is C12H9N3O3S. The van der Waals surface area contributed by atoms with Gasteiger partial charge in [0.2, 0.25) is 5.91 Å². The summed E-state index contributed by atoms with van der Waals surface area (Å²) in [5.41, 5.74) is -0.291. The fraction of sp³-hybridized carbons (Fsp3) is 0. The van der Waals surface area contributed by atoms with E-state index in [0.29, 0.717) is 0 Å². The molecule has 0 spiro atoms. The summed E-state index contributed by atoms with van der Waals surface area (Å²) in [5.74, 6) is -1.78. The smallest absolute Gasteiger partial charge is 0.358 e. The van der Waals surface area contributed by atoms with Crippen LogP contribution in [0.3, 0.4) is 0 Å². The number of hydrogen-bond donors (Lipinski definition) is 2. The highest BCUT2D eigenvalue weighted by molar-refractivity contribution is 7.10. The van der Waals surface area contributed by atoms with Crippen molar-refractivity contribution in [3.63, 3.8) is 0 Å². The van der Waals surface area contributed by atoms with Crippen LogP contribution in [0.15, 0.2) is 36.0 Å². The Balaban J connectivity index is 2.09. The summed E-state index contributed by atoms with van der Waals surface area (Å²) >= 11 is 1.49. The van der Waals surface area contributed by atoms with Gasteiger partial charge >= 0.3 is 5.97 Å². The van der Waals surface area contributed by atoms with Crippen LogP contribution in [0.1, 0.15) is 15.4 Å². The molecule has 96 valence electrons. The number of aromatic carboxylic acids is 1. The zero-order chi connectivity index (χ0) is 13.7. The fourth-order valence-corrected chi connectivity index (χ4v) is 1.91. The van der Waals surface area contributed by atoms with Crippen molar-refractivity contribution in [1.29, 1.82) is 0 Å². The number of anilines is 1. The zero-order valence-electron chi connectivity index (χ0n) is 9.61. The predicted octanol–water partition coefficient (Wildman–Crippen LogP) is 1.89.